The van der Waals surface area contributed by atoms with Gasteiger partial charge in [-0.3, -0.25) is 0 Å². The van der Waals surface area contributed by atoms with Crippen molar-refractivity contribution in [1.82, 2.24) is 4.90 Å². The van der Waals surface area contributed by atoms with E-state index in [4.69, 9.17) is 0 Å². The van der Waals surface area contributed by atoms with Gasteiger partial charge >= 0.3 is 0 Å². The van der Waals surface area contributed by atoms with Crippen LogP contribution in [-0.2, 0) is 6.42 Å². The molecule has 100 valence electrons. The van der Waals surface area contributed by atoms with Crippen molar-refractivity contribution in [3.63, 3.8) is 0 Å². The summed E-state index contributed by atoms with van der Waals surface area (Å²) in [6, 6.07) is 8.99. The number of hydrogen-bond acceptors (Lipinski definition) is 2. The Labute approximate surface area is 111 Å². The van der Waals surface area contributed by atoms with Gasteiger partial charge in [0.15, 0.2) is 0 Å². The highest BCUT2D eigenvalue weighted by atomic mass is 16.3. The van der Waals surface area contributed by atoms with Crippen LogP contribution in [0.5, 0.6) is 0 Å². The highest BCUT2D eigenvalue weighted by molar-refractivity contribution is 5.23. The monoisotopic (exact) mass is 247 g/mol. The van der Waals surface area contributed by atoms with Gasteiger partial charge in [0.2, 0.25) is 0 Å². The van der Waals surface area contributed by atoms with Gasteiger partial charge in [0.25, 0.3) is 0 Å². The third-order valence-electron chi connectivity index (χ3n) is 4.51. The first-order valence-electron chi connectivity index (χ1n) is 6.89. The zero-order valence-electron chi connectivity index (χ0n) is 12.0. The highest BCUT2D eigenvalue weighted by Crippen LogP contribution is 2.33. The Bertz CT molecular complexity index is 400. The molecular weight excluding hydrogens is 222 g/mol. The van der Waals surface area contributed by atoms with Crippen molar-refractivity contribution in [1.29, 1.82) is 0 Å². The molecule has 1 saturated heterocycles. The molecule has 2 heteroatoms. The quantitative estimate of drug-likeness (QED) is 0.868. The van der Waals surface area contributed by atoms with Crippen molar-refractivity contribution in [3.05, 3.63) is 35.4 Å². The lowest BCUT2D eigenvalue weighted by molar-refractivity contribution is -0.0778. The average molecular weight is 247 g/mol. The van der Waals surface area contributed by atoms with Crippen molar-refractivity contribution in [2.75, 3.05) is 13.6 Å². The molecule has 0 saturated carbocycles. The first-order valence-corrected chi connectivity index (χ1v) is 6.89. The fourth-order valence-corrected chi connectivity index (χ4v) is 2.96. The number of piperidine rings is 1. The standard InChI is InChI=1S/C16H25NO/c1-12-5-7-15(8-6-12)10-16(18)9-14(3)17(4)11-13(16)2/h5-8,13-14,18H,9-11H2,1-4H3/t13-,14+,16-/m0/s1. The topological polar surface area (TPSA) is 23.5 Å². The molecule has 3 atom stereocenters. The second-order valence-electron chi connectivity index (χ2n) is 6.16. The molecule has 1 aliphatic rings. The molecule has 0 amide bonds. The Kier molecular flexibility index (Phi) is 3.79. The summed E-state index contributed by atoms with van der Waals surface area (Å²) in [7, 11) is 2.15. The van der Waals surface area contributed by atoms with Gasteiger partial charge in [-0.25, -0.2) is 0 Å². The lowest BCUT2D eigenvalue weighted by Crippen LogP contribution is -2.54. The van der Waals surface area contributed by atoms with Crippen LogP contribution in [0.25, 0.3) is 0 Å². The van der Waals surface area contributed by atoms with Crippen LogP contribution in [0.4, 0.5) is 0 Å². The molecule has 1 fully saturated rings. The lowest BCUT2D eigenvalue weighted by atomic mass is 9.75. The zero-order chi connectivity index (χ0) is 13.3. The summed E-state index contributed by atoms with van der Waals surface area (Å²) < 4.78 is 0. The van der Waals surface area contributed by atoms with E-state index in [1.165, 1.54) is 11.1 Å². The molecule has 0 unspecified atom stereocenters. The fourth-order valence-electron chi connectivity index (χ4n) is 2.96. The van der Waals surface area contributed by atoms with E-state index in [0.29, 0.717) is 12.0 Å². The molecule has 1 aromatic carbocycles. The molecule has 2 nitrogen and oxygen atoms in total. The van der Waals surface area contributed by atoms with Crippen LogP contribution in [0, 0.1) is 12.8 Å². The van der Waals surface area contributed by atoms with E-state index in [1.54, 1.807) is 0 Å². The van der Waals surface area contributed by atoms with Gasteiger partial charge in [-0.1, -0.05) is 36.8 Å². The van der Waals surface area contributed by atoms with Crippen LogP contribution in [0.2, 0.25) is 0 Å². The molecule has 1 aliphatic heterocycles. The predicted octanol–water partition coefficient (Wildman–Crippen LogP) is 2.63. The summed E-state index contributed by atoms with van der Waals surface area (Å²) >= 11 is 0. The van der Waals surface area contributed by atoms with Crippen molar-refractivity contribution in [3.8, 4) is 0 Å². The molecule has 2 rings (SSSR count). The third-order valence-corrected chi connectivity index (χ3v) is 4.51. The minimum atomic E-state index is -0.554. The van der Waals surface area contributed by atoms with Crippen LogP contribution >= 0.6 is 0 Å². The molecule has 0 aliphatic carbocycles. The predicted molar refractivity (Wildman–Crippen MR) is 75.7 cm³/mol. The summed E-state index contributed by atoms with van der Waals surface area (Å²) in [6.07, 6.45) is 1.63. The summed E-state index contributed by atoms with van der Waals surface area (Å²) in [4.78, 5) is 2.34. The van der Waals surface area contributed by atoms with Gasteiger partial charge in [0, 0.05) is 19.0 Å². The highest BCUT2D eigenvalue weighted by Gasteiger charge is 2.40. The molecule has 0 bridgehead atoms. The molecule has 0 spiro atoms. The van der Waals surface area contributed by atoms with E-state index in [1.807, 2.05) is 0 Å². The molecular formula is C16H25NO. The maximum atomic E-state index is 10.9. The van der Waals surface area contributed by atoms with Gasteiger partial charge < -0.3 is 10.0 Å². The Morgan fingerprint density at radius 3 is 2.50 bits per heavy atom. The van der Waals surface area contributed by atoms with Gasteiger partial charge in [-0.05, 0) is 38.8 Å². The van der Waals surface area contributed by atoms with Gasteiger partial charge in [0.1, 0.15) is 0 Å². The summed E-state index contributed by atoms with van der Waals surface area (Å²) in [6.45, 7) is 7.44. The van der Waals surface area contributed by atoms with Crippen molar-refractivity contribution in [2.24, 2.45) is 5.92 Å². The number of likely N-dealkylation sites (tertiary alicyclic amines) is 1. The minimum absolute atomic E-state index is 0.319. The Balaban J connectivity index is 2.13. The van der Waals surface area contributed by atoms with Crippen molar-refractivity contribution in [2.45, 2.75) is 45.3 Å². The second kappa shape index (κ2) is 5.02. The van der Waals surface area contributed by atoms with E-state index >= 15 is 0 Å². The van der Waals surface area contributed by atoms with Crippen LogP contribution in [0.15, 0.2) is 24.3 Å². The molecule has 0 aromatic heterocycles. The molecule has 1 N–H and O–H groups in total. The van der Waals surface area contributed by atoms with E-state index < -0.39 is 5.60 Å². The van der Waals surface area contributed by atoms with E-state index in [-0.39, 0.29) is 0 Å². The number of benzene rings is 1. The number of rotatable bonds is 2. The second-order valence-corrected chi connectivity index (χ2v) is 6.16. The Hall–Kier alpha value is -0.860. The number of hydrogen-bond donors (Lipinski definition) is 1. The number of aliphatic hydroxyl groups is 1. The maximum Gasteiger partial charge on any atom is 0.0740 e. The first kappa shape index (κ1) is 13.6. The van der Waals surface area contributed by atoms with Crippen molar-refractivity contribution < 1.29 is 5.11 Å². The average Bonchev–Trinajstić information content (AvgIpc) is 2.30. The van der Waals surface area contributed by atoms with Crippen LogP contribution in [0.3, 0.4) is 0 Å². The molecule has 18 heavy (non-hydrogen) atoms. The molecule has 0 radical (unpaired) electrons. The third kappa shape index (κ3) is 2.76. The summed E-state index contributed by atoms with van der Waals surface area (Å²) in [5.74, 6) is 0.319. The Morgan fingerprint density at radius 2 is 1.89 bits per heavy atom. The summed E-state index contributed by atoms with van der Waals surface area (Å²) in [5.41, 5.74) is 1.96. The summed E-state index contributed by atoms with van der Waals surface area (Å²) in [5, 5.41) is 10.9. The largest absolute Gasteiger partial charge is 0.389 e. The number of aryl methyl sites for hydroxylation is 1. The van der Waals surface area contributed by atoms with Crippen LogP contribution < -0.4 is 0 Å². The van der Waals surface area contributed by atoms with Crippen LogP contribution in [-0.4, -0.2) is 35.2 Å². The number of nitrogens with zero attached hydrogens (tertiary/aromatic N) is 1. The Morgan fingerprint density at radius 1 is 1.28 bits per heavy atom. The van der Waals surface area contributed by atoms with Gasteiger partial charge in [0.05, 0.1) is 5.60 Å². The van der Waals surface area contributed by atoms with Gasteiger partial charge in [-0.15, -0.1) is 0 Å². The van der Waals surface area contributed by atoms with Gasteiger partial charge in [-0.2, -0.15) is 0 Å². The normalized spacial score (nSPS) is 33.6. The smallest absolute Gasteiger partial charge is 0.0740 e. The zero-order valence-corrected chi connectivity index (χ0v) is 12.0. The van der Waals surface area contributed by atoms with Crippen molar-refractivity contribution >= 4 is 0 Å². The lowest BCUT2D eigenvalue weighted by Gasteiger charge is -2.46. The first-order chi connectivity index (χ1) is 8.40. The SMILES string of the molecule is Cc1ccc(C[C@@]2(O)C[C@@H](C)N(C)C[C@@H]2C)cc1. The maximum absolute atomic E-state index is 10.9. The molecule has 1 aromatic rings. The van der Waals surface area contributed by atoms with Crippen LogP contribution in [0.1, 0.15) is 31.4 Å². The van der Waals surface area contributed by atoms with E-state index in [9.17, 15) is 5.11 Å². The van der Waals surface area contributed by atoms with E-state index in [2.05, 4.69) is 57.0 Å². The minimum Gasteiger partial charge on any atom is -0.389 e. The molecule has 1 heterocycles. The van der Waals surface area contributed by atoms with E-state index in [0.717, 1.165) is 19.4 Å². The fraction of sp³-hybridized carbons (Fsp3) is 0.625.